The maximum Gasteiger partial charge on any atom is 0.231 e. The van der Waals surface area contributed by atoms with Crippen molar-refractivity contribution in [3.05, 3.63) is 17.7 Å². The van der Waals surface area contributed by atoms with E-state index in [-0.39, 0.29) is 12.5 Å². The van der Waals surface area contributed by atoms with Gasteiger partial charge >= 0.3 is 0 Å². The number of aromatic hydroxyl groups is 1. The number of phenolic OH excluding ortho intramolecular Hbond substituents is 1. The molecule has 18 heavy (non-hydrogen) atoms. The summed E-state index contributed by atoms with van der Waals surface area (Å²) in [4.78, 5) is 0. The summed E-state index contributed by atoms with van der Waals surface area (Å²) in [6, 6.07) is 3.45. The lowest BCUT2D eigenvalue weighted by molar-refractivity contribution is 0.174. The third kappa shape index (κ3) is 2.88. The molecule has 0 spiro atoms. The zero-order valence-electron chi connectivity index (χ0n) is 11.2. The third-order valence-corrected chi connectivity index (χ3v) is 3.49. The molecule has 0 aliphatic carbocycles. The van der Waals surface area contributed by atoms with E-state index in [1.807, 2.05) is 6.07 Å². The van der Waals surface area contributed by atoms with Crippen LogP contribution < -0.4 is 14.8 Å². The van der Waals surface area contributed by atoms with Gasteiger partial charge in [0, 0.05) is 18.2 Å². The molecule has 0 aromatic heterocycles. The van der Waals surface area contributed by atoms with E-state index in [0.29, 0.717) is 29.9 Å². The summed E-state index contributed by atoms with van der Waals surface area (Å²) >= 11 is 0. The molecule has 1 atom stereocenters. The van der Waals surface area contributed by atoms with Gasteiger partial charge in [-0.15, -0.1) is 0 Å². The van der Waals surface area contributed by atoms with Gasteiger partial charge in [-0.2, -0.15) is 0 Å². The van der Waals surface area contributed by atoms with Crippen molar-refractivity contribution in [2.45, 2.75) is 27.3 Å². The molecular weight excluding hydrogens is 230 g/mol. The highest BCUT2D eigenvalue weighted by molar-refractivity contribution is 5.51. The lowest BCUT2D eigenvalue weighted by atomic mass is 9.98. The zero-order valence-corrected chi connectivity index (χ0v) is 11.2. The Morgan fingerprint density at radius 1 is 1.22 bits per heavy atom. The van der Waals surface area contributed by atoms with E-state index in [9.17, 15) is 5.11 Å². The number of rotatable bonds is 5. The third-order valence-electron chi connectivity index (χ3n) is 3.49. The molecule has 1 aliphatic heterocycles. The van der Waals surface area contributed by atoms with Gasteiger partial charge in [0.25, 0.3) is 0 Å². The second-order valence-corrected chi connectivity index (χ2v) is 5.19. The predicted octanol–water partition coefficient (Wildman–Crippen LogP) is 2.50. The van der Waals surface area contributed by atoms with Crippen molar-refractivity contribution in [2.24, 2.45) is 11.8 Å². The quantitative estimate of drug-likeness (QED) is 0.844. The molecule has 100 valence electrons. The van der Waals surface area contributed by atoms with Gasteiger partial charge in [0.05, 0.1) is 0 Å². The van der Waals surface area contributed by atoms with Gasteiger partial charge in [0.1, 0.15) is 5.75 Å². The van der Waals surface area contributed by atoms with Crippen molar-refractivity contribution in [1.29, 1.82) is 0 Å². The Bertz CT molecular complexity index is 418. The van der Waals surface area contributed by atoms with Gasteiger partial charge in [0.2, 0.25) is 6.79 Å². The molecule has 0 radical (unpaired) electrons. The zero-order chi connectivity index (χ0) is 13.1. The van der Waals surface area contributed by atoms with E-state index < -0.39 is 0 Å². The van der Waals surface area contributed by atoms with E-state index in [2.05, 4.69) is 26.1 Å². The Morgan fingerprint density at radius 3 is 2.56 bits per heavy atom. The minimum Gasteiger partial charge on any atom is -0.507 e. The second kappa shape index (κ2) is 5.48. The minimum absolute atomic E-state index is 0.232. The van der Waals surface area contributed by atoms with Crippen LogP contribution in [0.15, 0.2) is 12.1 Å². The van der Waals surface area contributed by atoms with E-state index in [0.717, 1.165) is 12.1 Å². The summed E-state index contributed by atoms with van der Waals surface area (Å²) in [5.74, 6) is 2.85. The first kappa shape index (κ1) is 13.0. The molecule has 0 bridgehead atoms. The predicted molar refractivity (Wildman–Crippen MR) is 69.9 cm³/mol. The van der Waals surface area contributed by atoms with Crippen LogP contribution in [0.1, 0.15) is 26.3 Å². The van der Waals surface area contributed by atoms with Gasteiger partial charge in [-0.3, -0.25) is 0 Å². The maximum atomic E-state index is 9.87. The molecule has 0 saturated heterocycles. The van der Waals surface area contributed by atoms with Crippen molar-refractivity contribution < 1.29 is 14.6 Å². The van der Waals surface area contributed by atoms with Crippen LogP contribution in [0.2, 0.25) is 0 Å². The number of fused-ring (bicyclic) bond motifs is 1. The number of hydrogen-bond donors (Lipinski definition) is 2. The van der Waals surface area contributed by atoms with E-state index in [1.54, 1.807) is 6.07 Å². The fourth-order valence-corrected chi connectivity index (χ4v) is 1.79. The smallest absolute Gasteiger partial charge is 0.231 e. The van der Waals surface area contributed by atoms with Crippen LogP contribution in [0.5, 0.6) is 17.2 Å². The average Bonchev–Trinajstić information content (AvgIpc) is 2.75. The normalized spacial score (nSPS) is 15.1. The maximum absolute atomic E-state index is 9.87. The van der Waals surface area contributed by atoms with Gasteiger partial charge in [-0.05, 0) is 24.4 Å². The molecule has 1 aliphatic rings. The van der Waals surface area contributed by atoms with Gasteiger partial charge in [0.15, 0.2) is 11.5 Å². The van der Waals surface area contributed by atoms with Crippen molar-refractivity contribution in [3.8, 4) is 17.2 Å². The number of ether oxygens (including phenoxy) is 2. The fourth-order valence-electron chi connectivity index (χ4n) is 1.79. The first-order valence-electron chi connectivity index (χ1n) is 6.40. The highest BCUT2D eigenvalue weighted by Gasteiger charge is 2.17. The van der Waals surface area contributed by atoms with Crippen LogP contribution in [-0.4, -0.2) is 18.4 Å². The van der Waals surface area contributed by atoms with Crippen LogP contribution in [-0.2, 0) is 6.54 Å². The number of hydrogen-bond acceptors (Lipinski definition) is 4. The van der Waals surface area contributed by atoms with Crippen molar-refractivity contribution in [2.75, 3.05) is 13.3 Å². The Kier molecular flexibility index (Phi) is 3.97. The molecule has 2 rings (SSSR count). The average molecular weight is 251 g/mol. The number of nitrogens with one attached hydrogen (secondary N) is 1. The summed E-state index contributed by atoms with van der Waals surface area (Å²) < 4.78 is 10.5. The van der Waals surface area contributed by atoms with Crippen LogP contribution in [0.25, 0.3) is 0 Å². The Labute approximate surface area is 108 Å². The highest BCUT2D eigenvalue weighted by atomic mass is 16.7. The second-order valence-electron chi connectivity index (χ2n) is 5.19. The van der Waals surface area contributed by atoms with Crippen LogP contribution in [0.4, 0.5) is 0 Å². The SMILES string of the molecule is CC(C)C(C)CNCc1cc2c(cc1O)OCO2. The summed E-state index contributed by atoms with van der Waals surface area (Å²) in [5, 5.41) is 13.2. The molecule has 0 amide bonds. The fraction of sp³-hybridized carbons (Fsp3) is 0.571. The molecule has 1 heterocycles. The molecule has 4 heteroatoms. The Morgan fingerprint density at radius 2 is 1.89 bits per heavy atom. The van der Waals surface area contributed by atoms with E-state index in [1.165, 1.54) is 0 Å². The summed E-state index contributed by atoms with van der Waals surface area (Å²) in [5.41, 5.74) is 0.843. The molecular formula is C14H21NO3. The van der Waals surface area contributed by atoms with Gasteiger partial charge in [-0.25, -0.2) is 0 Å². The Balaban J connectivity index is 1.94. The molecule has 1 unspecified atom stereocenters. The molecule has 1 aromatic carbocycles. The standard InChI is InChI=1S/C14H21NO3/c1-9(2)10(3)6-15-7-11-4-13-14(5-12(11)16)18-8-17-13/h4-5,9-10,15-16H,6-8H2,1-3H3. The molecule has 1 aromatic rings. The summed E-state index contributed by atoms with van der Waals surface area (Å²) in [6.07, 6.45) is 0. The van der Waals surface area contributed by atoms with Crippen LogP contribution in [0.3, 0.4) is 0 Å². The lowest BCUT2D eigenvalue weighted by Crippen LogP contribution is -2.23. The molecule has 0 saturated carbocycles. The number of phenols is 1. The summed E-state index contributed by atoms with van der Waals surface area (Å²) in [6.45, 7) is 8.45. The number of benzene rings is 1. The first-order valence-corrected chi connectivity index (χ1v) is 6.40. The largest absolute Gasteiger partial charge is 0.507 e. The van der Waals surface area contributed by atoms with Crippen molar-refractivity contribution in [3.63, 3.8) is 0 Å². The topological polar surface area (TPSA) is 50.7 Å². The molecule has 2 N–H and O–H groups in total. The van der Waals surface area contributed by atoms with E-state index in [4.69, 9.17) is 9.47 Å². The molecule has 0 fully saturated rings. The first-order chi connectivity index (χ1) is 8.58. The van der Waals surface area contributed by atoms with Crippen LogP contribution >= 0.6 is 0 Å². The monoisotopic (exact) mass is 251 g/mol. The van der Waals surface area contributed by atoms with Gasteiger partial charge in [-0.1, -0.05) is 20.8 Å². The van der Waals surface area contributed by atoms with Crippen molar-refractivity contribution >= 4 is 0 Å². The van der Waals surface area contributed by atoms with E-state index >= 15 is 0 Å². The highest BCUT2D eigenvalue weighted by Crippen LogP contribution is 2.37. The van der Waals surface area contributed by atoms with Gasteiger partial charge < -0.3 is 19.9 Å². The molecule has 4 nitrogen and oxygen atoms in total. The minimum atomic E-state index is 0.232. The summed E-state index contributed by atoms with van der Waals surface area (Å²) in [7, 11) is 0. The van der Waals surface area contributed by atoms with Crippen molar-refractivity contribution in [1.82, 2.24) is 5.32 Å². The lowest BCUT2D eigenvalue weighted by Gasteiger charge is -2.16. The Hall–Kier alpha value is -1.42. The van der Waals surface area contributed by atoms with Crippen LogP contribution in [0, 0.1) is 11.8 Å².